The van der Waals surface area contributed by atoms with Crippen molar-refractivity contribution in [3.8, 4) is 5.75 Å². The Hall–Kier alpha value is -2.55. The van der Waals surface area contributed by atoms with Crippen LogP contribution in [0.2, 0.25) is 0 Å². The highest BCUT2D eigenvalue weighted by molar-refractivity contribution is 14.0. The van der Waals surface area contributed by atoms with Gasteiger partial charge in [-0.15, -0.1) is 24.0 Å². The Morgan fingerprint density at radius 3 is 2.77 bits per heavy atom. The predicted octanol–water partition coefficient (Wildman–Crippen LogP) is 3.48. The molecule has 0 radical (unpaired) electrons. The van der Waals surface area contributed by atoms with Gasteiger partial charge in [0.1, 0.15) is 5.75 Å². The van der Waals surface area contributed by atoms with Gasteiger partial charge in [0.05, 0.1) is 25.7 Å². The van der Waals surface area contributed by atoms with Crippen molar-refractivity contribution in [1.82, 2.24) is 9.55 Å². The molecule has 6 nitrogen and oxygen atoms in total. The van der Waals surface area contributed by atoms with Crippen molar-refractivity contribution in [3.05, 3.63) is 78.4 Å². The summed E-state index contributed by atoms with van der Waals surface area (Å²) in [7, 11) is 1.62. The number of nitrogens with zero attached hydrogens (tertiary/aromatic N) is 3. The number of ether oxygens (including phenoxy) is 1. The van der Waals surface area contributed by atoms with Crippen LogP contribution < -0.4 is 15.8 Å². The number of hydrogen-bond acceptors (Lipinski definition) is 3. The van der Waals surface area contributed by atoms with Gasteiger partial charge in [0.2, 0.25) is 0 Å². The molecule has 2 aromatic carbocycles. The number of guanidine groups is 1. The molecule has 0 bridgehead atoms. The van der Waals surface area contributed by atoms with Crippen LogP contribution in [0.25, 0.3) is 0 Å². The SMILES string of the molecule is COc1ccccc1NC(N)=NCc1cccc(Cn2ccnc2)c1.I. The molecule has 0 aliphatic rings. The second-order valence-corrected chi connectivity index (χ2v) is 5.58. The van der Waals surface area contributed by atoms with E-state index in [4.69, 9.17) is 10.5 Å². The summed E-state index contributed by atoms with van der Waals surface area (Å²) in [5.74, 6) is 1.08. The third-order valence-corrected chi connectivity index (χ3v) is 3.72. The third kappa shape index (κ3) is 5.48. The van der Waals surface area contributed by atoms with E-state index in [0.717, 1.165) is 23.5 Å². The van der Waals surface area contributed by atoms with Crippen LogP contribution in [0, 0.1) is 0 Å². The minimum Gasteiger partial charge on any atom is -0.495 e. The number of benzene rings is 2. The lowest BCUT2D eigenvalue weighted by molar-refractivity contribution is 0.417. The minimum absolute atomic E-state index is 0. The summed E-state index contributed by atoms with van der Waals surface area (Å²) in [6, 6.07) is 15.9. The molecule has 3 aromatic rings. The van der Waals surface area contributed by atoms with Crippen molar-refractivity contribution in [3.63, 3.8) is 0 Å². The van der Waals surface area contributed by atoms with Gasteiger partial charge in [0, 0.05) is 18.9 Å². The van der Waals surface area contributed by atoms with Crippen molar-refractivity contribution in [1.29, 1.82) is 0 Å². The van der Waals surface area contributed by atoms with E-state index in [-0.39, 0.29) is 24.0 Å². The van der Waals surface area contributed by atoms with Crippen molar-refractivity contribution in [2.45, 2.75) is 13.1 Å². The lowest BCUT2D eigenvalue weighted by Crippen LogP contribution is -2.22. The molecule has 0 saturated heterocycles. The van der Waals surface area contributed by atoms with Gasteiger partial charge >= 0.3 is 0 Å². The number of aromatic nitrogens is 2. The average Bonchev–Trinajstić information content (AvgIpc) is 3.14. The van der Waals surface area contributed by atoms with Gasteiger partial charge in [0.25, 0.3) is 0 Å². The molecular formula is C19H22IN5O. The first-order chi connectivity index (χ1) is 12.2. The van der Waals surface area contributed by atoms with E-state index in [1.807, 2.05) is 47.2 Å². The second kappa shape index (κ2) is 9.81. The number of hydrogen-bond donors (Lipinski definition) is 2. The number of para-hydroxylation sites is 2. The highest BCUT2D eigenvalue weighted by Crippen LogP contribution is 2.22. The molecule has 0 aliphatic heterocycles. The Balaban J connectivity index is 0.00000243. The first-order valence-electron chi connectivity index (χ1n) is 7.98. The number of anilines is 1. The zero-order valence-electron chi connectivity index (χ0n) is 14.5. The smallest absolute Gasteiger partial charge is 0.193 e. The van der Waals surface area contributed by atoms with Gasteiger partial charge in [-0.05, 0) is 23.3 Å². The summed E-state index contributed by atoms with van der Waals surface area (Å²) in [6.45, 7) is 1.29. The molecule has 0 saturated carbocycles. The maximum Gasteiger partial charge on any atom is 0.193 e. The van der Waals surface area contributed by atoms with E-state index >= 15 is 0 Å². The molecule has 3 N–H and O–H groups in total. The van der Waals surface area contributed by atoms with E-state index in [0.29, 0.717) is 12.5 Å². The van der Waals surface area contributed by atoms with Crippen LogP contribution in [-0.4, -0.2) is 22.6 Å². The predicted molar refractivity (Wildman–Crippen MR) is 115 cm³/mol. The van der Waals surface area contributed by atoms with Crippen LogP contribution in [0.4, 0.5) is 5.69 Å². The van der Waals surface area contributed by atoms with Crippen LogP contribution in [0.5, 0.6) is 5.75 Å². The fourth-order valence-corrected chi connectivity index (χ4v) is 2.52. The Morgan fingerprint density at radius 2 is 2.00 bits per heavy atom. The van der Waals surface area contributed by atoms with Gasteiger partial charge in [-0.1, -0.05) is 36.4 Å². The number of halogens is 1. The zero-order valence-corrected chi connectivity index (χ0v) is 16.8. The van der Waals surface area contributed by atoms with E-state index < -0.39 is 0 Å². The van der Waals surface area contributed by atoms with Crippen LogP contribution in [0.3, 0.4) is 0 Å². The molecular weight excluding hydrogens is 441 g/mol. The van der Waals surface area contributed by atoms with Crippen LogP contribution in [0.1, 0.15) is 11.1 Å². The number of nitrogens with two attached hydrogens (primary N) is 1. The first kappa shape index (κ1) is 19.8. The molecule has 0 fully saturated rings. The molecule has 0 atom stereocenters. The van der Waals surface area contributed by atoms with E-state index in [2.05, 4.69) is 27.4 Å². The summed E-state index contributed by atoms with van der Waals surface area (Å²) in [5.41, 5.74) is 9.08. The number of imidazole rings is 1. The standard InChI is InChI=1S/C19H21N5O.HI/c1-25-18-8-3-2-7-17(18)23-19(20)22-12-15-5-4-6-16(11-15)13-24-10-9-21-14-24;/h2-11,14H,12-13H2,1H3,(H3,20,22,23);1H. The maximum atomic E-state index is 6.00. The molecule has 26 heavy (non-hydrogen) atoms. The summed E-state index contributed by atoms with van der Waals surface area (Å²) in [4.78, 5) is 8.47. The molecule has 3 rings (SSSR count). The normalized spacial score (nSPS) is 10.9. The average molecular weight is 463 g/mol. The molecule has 1 aromatic heterocycles. The van der Waals surface area contributed by atoms with Crippen molar-refractivity contribution in [2.24, 2.45) is 10.7 Å². The monoisotopic (exact) mass is 463 g/mol. The highest BCUT2D eigenvalue weighted by atomic mass is 127. The van der Waals surface area contributed by atoms with Crippen LogP contribution >= 0.6 is 24.0 Å². The molecule has 0 aliphatic carbocycles. The molecule has 0 amide bonds. The van der Waals surface area contributed by atoms with Crippen LogP contribution in [-0.2, 0) is 13.1 Å². The van der Waals surface area contributed by atoms with E-state index in [1.165, 1.54) is 5.56 Å². The van der Waals surface area contributed by atoms with Crippen LogP contribution in [0.15, 0.2) is 72.2 Å². The molecule has 1 heterocycles. The Labute approximate surface area is 170 Å². The first-order valence-corrected chi connectivity index (χ1v) is 7.98. The third-order valence-electron chi connectivity index (χ3n) is 3.72. The molecule has 136 valence electrons. The molecule has 0 spiro atoms. The second-order valence-electron chi connectivity index (χ2n) is 5.58. The largest absolute Gasteiger partial charge is 0.495 e. The Kier molecular flexibility index (Phi) is 7.46. The van der Waals surface area contributed by atoms with Gasteiger partial charge < -0.3 is 20.4 Å². The van der Waals surface area contributed by atoms with Gasteiger partial charge in [-0.25, -0.2) is 9.98 Å². The van der Waals surface area contributed by atoms with Gasteiger partial charge in [-0.2, -0.15) is 0 Å². The van der Waals surface area contributed by atoms with E-state index in [1.54, 1.807) is 19.6 Å². The lowest BCUT2D eigenvalue weighted by Gasteiger charge is -2.10. The van der Waals surface area contributed by atoms with Crippen molar-refractivity contribution < 1.29 is 4.74 Å². The summed E-state index contributed by atoms with van der Waals surface area (Å²) < 4.78 is 7.32. The molecule has 0 unspecified atom stereocenters. The highest BCUT2D eigenvalue weighted by Gasteiger charge is 2.02. The summed E-state index contributed by atoms with van der Waals surface area (Å²) >= 11 is 0. The Morgan fingerprint density at radius 1 is 1.19 bits per heavy atom. The fraction of sp³-hybridized carbons (Fsp3) is 0.158. The van der Waals surface area contributed by atoms with Gasteiger partial charge in [0.15, 0.2) is 5.96 Å². The zero-order chi connectivity index (χ0) is 17.5. The lowest BCUT2D eigenvalue weighted by atomic mass is 10.1. The quantitative estimate of drug-likeness (QED) is 0.334. The van der Waals surface area contributed by atoms with Crippen molar-refractivity contribution >= 4 is 35.6 Å². The summed E-state index contributed by atoms with van der Waals surface area (Å²) in [6.07, 6.45) is 5.53. The number of methoxy groups -OCH3 is 1. The van der Waals surface area contributed by atoms with Crippen molar-refractivity contribution in [2.75, 3.05) is 12.4 Å². The number of aliphatic imine (C=N–C) groups is 1. The maximum absolute atomic E-state index is 6.00. The Bertz CT molecular complexity index is 849. The van der Waals surface area contributed by atoms with Gasteiger partial charge in [-0.3, -0.25) is 0 Å². The number of rotatable bonds is 6. The van der Waals surface area contributed by atoms with E-state index in [9.17, 15) is 0 Å². The molecule has 7 heteroatoms. The number of nitrogens with one attached hydrogen (secondary N) is 1. The fourth-order valence-electron chi connectivity index (χ4n) is 2.52. The topological polar surface area (TPSA) is 77.5 Å². The minimum atomic E-state index is 0. The summed E-state index contributed by atoms with van der Waals surface area (Å²) in [5, 5.41) is 3.07.